The molecule has 0 aliphatic heterocycles. The van der Waals surface area contributed by atoms with Crippen LogP contribution in [0.15, 0.2) is 67.1 Å². The van der Waals surface area contributed by atoms with E-state index >= 15 is 0 Å². The predicted octanol–water partition coefficient (Wildman–Crippen LogP) is 5.81. The van der Waals surface area contributed by atoms with Crippen LogP contribution in [-0.4, -0.2) is 32.1 Å². The van der Waals surface area contributed by atoms with Gasteiger partial charge < -0.3 is 9.47 Å². The molecule has 0 saturated carbocycles. The Morgan fingerprint density at radius 3 is 2.44 bits per heavy atom. The van der Waals surface area contributed by atoms with Crippen molar-refractivity contribution in [2.75, 3.05) is 7.11 Å². The van der Waals surface area contributed by atoms with E-state index in [1.54, 1.807) is 24.1 Å². The van der Waals surface area contributed by atoms with Gasteiger partial charge in [0.25, 0.3) is 0 Å². The van der Waals surface area contributed by atoms with Crippen molar-refractivity contribution in [3.63, 3.8) is 0 Å². The number of pyridine rings is 2. The van der Waals surface area contributed by atoms with Gasteiger partial charge in [-0.15, -0.1) is 5.10 Å². The molecule has 1 aromatic carbocycles. The Hall–Kier alpha value is -3.79. The second-order valence-electron chi connectivity index (χ2n) is 8.26. The molecule has 0 N–H and O–H groups in total. The standard InChI is InChI=1S/C26H26F3N5O2/c1-18-21(7-11-23(32-18)20-8-12-25(30-16-20)26(27,28)29)17-36-22-9-5-19(6-10-22)24(35-2)4-3-14-34-15-13-31-33-34/h5-13,15-16,24H,3-4,14,17H2,1-2H3. The van der Waals surface area contributed by atoms with E-state index in [-0.39, 0.29) is 6.10 Å². The lowest BCUT2D eigenvalue weighted by Crippen LogP contribution is -2.07. The molecule has 7 nitrogen and oxygen atoms in total. The fraction of sp³-hybridized carbons (Fsp3) is 0.308. The maximum absolute atomic E-state index is 12.7. The fourth-order valence-corrected chi connectivity index (χ4v) is 3.77. The highest BCUT2D eigenvalue weighted by Gasteiger charge is 2.32. The molecule has 0 saturated heterocycles. The van der Waals surface area contributed by atoms with Crippen LogP contribution in [-0.2, 0) is 24.1 Å². The van der Waals surface area contributed by atoms with Crippen LogP contribution in [0.5, 0.6) is 5.75 Å². The van der Waals surface area contributed by atoms with Gasteiger partial charge in [0.2, 0.25) is 0 Å². The summed E-state index contributed by atoms with van der Waals surface area (Å²) in [5.41, 5.74) is 2.82. The number of aryl methyl sites for hydroxylation is 2. The first kappa shape index (κ1) is 25.3. The normalized spacial score (nSPS) is 12.5. The summed E-state index contributed by atoms with van der Waals surface area (Å²) in [5, 5.41) is 7.78. The Labute approximate surface area is 206 Å². The van der Waals surface area contributed by atoms with E-state index in [0.29, 0.717) is 23.6 Å². The zero-order valence-corrected chi connectivity index (χ0v) is 19.9. The van der Waals surface area contributed by atoms with Crippen molar-refractivity contribution < 1.29 is 22.6 Å². The minimum Gasteiger partial charge on any atom is -0.489 e. The van der Waals surface area contributed by atoms with E-state index in [4.69, 9.17) is 9.47 Å². The molecule has 3 aromatic heterocycles. The smallest absolute Gasteiger partial charge is 0.433 e. The zero-order valence-electron chi connectivity index (χ0n) is 19.9. The molecular weight excluding hydrogens is 471 g/mol. The van der Waals surface area contributed by atoms with E-state index in [1.165, 1.54) is 12.3 Å². The third-order valence-corrected chi connectivity index (χ3v) is 5.80. The lowest BCUT2D eigenvalue weighted by Gasteiger charge is -2.16. The number of rotatable bonds is 10. The zero-order chi connectivity index (χ0) is 25.5. The van der Waals surface area contributed by atoms with E-state index in [1.807, 2.05) is 43.5 Å². The molecule has 0 radical (unpaired) electrons. The highest BCUT2D eigenvalue weighted by atomic mass is 19.4. The van der Waals surface area contributed by atoms with Gasteiger partial charge in [-0.25, -0.2) is 0 Å². The summed E-state index contributed by atoms with van der Waals surface area (Å²) in [6, 6.07) is 13.7. The molecule has 0 spiro atoms. The topological polar surface area (TPSA) is 75.0 Å². The molecule has 1 unspecified atom stereocenters. The lowest BCUT2D eigenvalue weighted by molar-refractivity contribution is -0.141. The van der Waals surface area contributed by atoms with Gasteiger partial charge in [-0.05, 0) is 55.7 Å². The second-order valence-corrected chi connectivity index (χ2v) is 8.26. The van der Waals surface area contributed by atoms with E-state index < -0.39 is 11.9 Å². The molecule has 0 bridgehead atoms. The van der Waals surface area contributed by atoms with Crippen LogP contribution < -0.4 is 4.74 Å². The van der Waals surface area contributed by atoms with Crippen LogP contribution in [0.25, 0.3) is 11.3 Å². The monoisotopic (exact) mass is 497 g/mol. The maximum Gasteiger partial charge on any atom is 0.433 e. The average molecular weight is 498 g/mol. The SMILES string of the molecule is COC(CCCn1ccnn1)c1ccc(OCc2ccc(-c3ccc(C(F)(F)F)nc3)nc2C)cc1. The molecule has 4 rings (SSSR count). The Kier molecular flexibility index (Phi) is 7.94. The molecule has 188 valence electrons. The largest absolute Gasteiger partial charge is 0.489 e. The minimum absolute atomic E-state index is 0.0266. The van der Waals surface area contributed by atoms with Crippen molar-refractivity contribution in [1.29, 1.82) is 0 Å². The van der Waals surface area contributed by atoms with Crippen LogP contribution in [0.1, 0.15) is 41.5 Å². The maximum atomic E-state index is 12.7. The molecule has 1 atom stereocenters. The molecule has 0 amide bonds. The number of alkyl halides is 3. The first-order chi connectivity index (χ1) is 17.3. The Morgan fingerprint density at radius 1 is 1.03 bits per heavy atom. The van der Waals surface area contributed by atoms with Crippen LogP contribution in [0, 0.1) is 6.92 Å². The third kappa shape index (κ3) is 6.45. The summed E-state index contributed by atoms with van der Waals surface area (Å²) in [6.07, 6.45) is 1.95. The van der Waals surface area contributed by atoms with Crippen molar-refractivity contribution in [3.05, 3.63) is 89.6 Å². The molecular formula is C26H26F3N5O2. The van der Waals surface area contributed by atoms with E-state index in [9.17, 15) is 13.2 Å². The number of benzene rings is 1. The summed E-state index contributed by atoms with van der Waals surface area (Å²) in [5.74, 6) is 0.714. The number of halogens is 3. The number of methoxy groups -OCH3 is 1. The molecule has 3 heterocycles. The van der Waals surface area contributed by atoms with Crippen LogP contribution in [0.2, 0.25) is 0 Å². The summed E-state index contributed by atoms with van der Waals surface area (Å²) in [6.45, 7) is 2.93. The fourth-order valence-electron chi connectivity index (χ4n) is 3.77. The van der Waals surface area contributed by atoms with Gasteiger partial charge in [0.1, 0.15) is 18.1 Å². The van der Waals surface area contributed by atoms with E-state index in [0.717, 1.165) is 42.3 Å². The van der Waals surface area contributed by atoms with E-state index in [2.05, 4.69) is 20.3 Å². The molecule has 10 heteroatoms. The summed E-state index contributed by atoms with van der Waals surface area (Å²) >= 11 is 0. The summed E-state index contributed by atoms with van der Waals surface area (Å²) in [7, 11) is 1.70. The van der Waals surface area contributed by atoms with Crippen molar-refractivity contribution in [2.24, 2.45) is 0 Å². The second kappa shape index (κ2) is 11.3. The predicted molar refractivity (Wildman–Crippen MR) is 127 cm³/mol. The van der Waals surface area contributed by atoms with Gasteiger partial charge in [-0.1, -0.05) is 23.4 Å². The first-order valence-corrected chi connectivity index (χ1v) is 11.4. The Bertz CT molecular complexity index is 1240. The van der Waals surface area contributed by atoms with Gasteiger partial charge in [0, 0.05) is 42.9 Å². The quantitative estimate of drug-likeness (QED) is 0.275. The number of hydrogen-bond donors (Lipinski definition) is 0. The number of aromatic nitrogens is 5. The van der Waals surface area contributed by atoms with Crippen molar-refractivity contribution in [3.8, 4) is 17.0 Å². The molecule has 0 aliphatic rings. The highest BCUT2D eigenvalue weighted by Crippen LogP contribution is 2.29. The Morgan fingerprint density at radius 2 is 1.83 bits per heavy atom. The van der Waals surface area contributed by atoms with Crippen LogP contribution in [0.3, 0.4) is 0 Å². The molecule has 36 heavy (non-hydrogen) atoms. The average Bonchev–Trinajstić information content (AvgIpc) is 3.39. The summed E-state index contributed by atoms with van der Waals surface area (Å²) in [4.78, 5) is 8.02. The number of nitrogens with zero attached hydrogens (tertiary/aromatic N) is 5. The van der Waals surface area contributed by atoms with Gasteiger partial charge in [0.05, 0.1) is 18.0 Å². The van der Waals surface area contributed by atoms with Crippen molar-refractivity contribution in [1.82, 2.24) is 25.0 Å². The first-order valence-electron chi connectivity index (χ1n) is 11.4. The lowest BCUT2D eigenvalue weighted by atomic mass is 10.0. The van der Waals surface area contributed by atoms with Crippen molar-refractivity contribution >= 4 is 0 Å². The third-order valence-electron chi connectivity index (χ3n) is 5.80. The minimum atomic E-state index is -4.47. The molecule has 4 aromatic rings. The number of ether oxygens (including phenoxy) is 2. The molecule has 0 aliphatic carbocycles. The van der Waals surface area contributed by atoms with Crippen LogP contribution in [0.4, 0.5) is 13.2 Å². The van der Waals surface area contributed by atoms with Gasteiger partial charge in [0.15, 0.2) is 0 Å². The van der Waals surface area contributed by atoms with Crippen LogP contribution >= 0.6 is 0 Å². The van der Waals surface area contributed by atoms with Gasteiger partial charge in [-0.3, -0.25) is 14.6 Å². The van der Waals surface area contributed by atoms with Crippen molar-refractivity contribution in [2.45, 2.75) is 45.2 Å². The Balaban J connectivity index is 1.33. The summed E-state index contributed by atoms with van der Waals surface area (Å²) < 4.78 is 51.6. The van der Waals surface area contributed by atoms with Gasteiger partial charge in [-0.2, -0.15) is 13.2 Å². The molecule has 0 fully saturated rings. The van der Waals surface area contributed by atoms with Gasteiger partial charge >= 0.3 is 6.18 Å². The number of hydrogen-bond acceptors (Lipinski definition) is 6. The highest BCUT2D eigenvalue weighted by molar-refractivity contribution is 5.58.